The van der Waals surface area contributed by atoms with Gasteiger partial charge in [0.05, 0.1) is 16.8 Å². The summed E-state index contributed by atoms with van der Waals surface area (Å²) in [6.45, 7) is 0.659. The Morgan fingerprint density at radius 3 is 2.55 bits per heavy atom. The molecule has 1 amide bonds. The number of aromatic nitrogens is 2. The van der Waals surface area contributed by atoms with E-state index >= 15 is 0 Å². The quantitative estimate of drug-likeness (QED) is 0.505. The highest BCUT2D eigenvalue weighted by atomic mass is 19.1. The van der Waals surface area contributed by atoms with Gasteiger partial charge in [0, 0.05) is 24.3 Å². The molecular formula is C23H19FN4O. The average molecular weight is 386 g/mol. The number of carbonyl (C=O) groups excluding carboxylic acids is 1. The van der Waals surface area contributed by atoms with Gasteiger partial charge in [-0.15, -0.1) is 0 Å². The first kappa shape index (κ1) is 18.6. The highest BCUT2D eigenvalue weighted by molar-refractivity contribution is 6.08. The topological polar surface area (TPSA) is 66.9 Å². The Balaban J connectivity index is 1.37. The van der Waals surface area contributed by atoms with E-state index in [1.165, 1.54) is 18.3 Å². The number of rotatable bonds is 6. The van der Waals surface area contributed by atoms with E-state index in [-0.39, 0.29) is 11.7 Å². The molecule has 0 aliphatic carbocycles. The predicted molar refractivity (Wildman–Crippen MR) is 113 cm³/mol. The van der Waals surface area contributed by atoms with Crippen molar-refractivity contribution in [2.24, 2.45) is 0 Å². The van der Waals surface area contributed by atoms with Gasteiger partial charge in [0.25, 0.3) is 5.91 Å². The minimum Gasteiger partial charge on any atom is -0.370 e. The van der Waals surface area contributed by atoms with Crippen molar-refractivity contribution in [3.8, 4) is 0 Å². The first-order chi connectivity index (χ1) is 14.2. The molecule has 4 rings (SSSR count). The molecule has 2 heterocycles. The van der Waals surface area contributed by atoms with E-state index in [2.05, 4.69) is 20.6 Å². The Morgan fingerprint density at radius 2 is 1.76 bits per heavy atom. The van der Waals surface area contributed by atoms with Crippen molar-refractivity contribution in [3.63, 3.8) is 0 Å². The van der Waals surface area contributed by atoms with Crippen LogP contribution in [0.5, 0.6) is 0 Å². The van der Waals surface area contributed by atoms with Crippen LogP contribution in [-0.2, 0) is 6.42 Å². The summed E-state index contributed by atoms with van der Waals surface area (Å²) in [7, 11) is 0. The number of anilines is 2. The van der Waals surface area contributed by atoms with Gasteiger partial charge in [0.2, 0.25) is 0 Å². The van der Waals surface area contributed by atoms with Crippen LogP contribution in [0.4, 0.5) is 15.9 Å². The van der Waals surface area contributed by atoms with Gasteiger partial charge in [0.15, 0.2) is 0 Å². The molecule has 0 saturated heterocycles. The zero-order valence-corrected chi connectivity index (χ0v) is 15.6. The fourth-order valence-electron chi connectivity index (χ4n) is 3.02. The number of carbonyl (C=O) groups is 1. The van der Waals surface area contributed by atoms with Gasteiger partial charge in [-0.25, -0.2) is 9.37 Å². The zero-order valence-electron chi connectivity index (χ0n) is 15.6. The Bertz CT molecular complexity index is 1120. The molecule has 0 aliphatic rings. The van der Waals surface area contributed by atoms with Crippen LogP contribution in [0.2, 0.25) is 0 Å². The van der Waals surface area contributed by atoms with E-state index in [9.17, 15) is 9.18 Å². The van der Waals surface area contributed by atoms with E-state index in [1.54, 1.807) is 30.5 Å². The fraction of sp³-hybridized carbons (Fsp3) is 0.0870. The van der Waals surface area contributed by atoms with Crippen LogP contribution in [0.15, 0.2) is 79.1 Å². The van der Waals surface area contributed by atoms with Crippen LogP contribution in [0.25, 0.3) is 10.9 Å². The summed E-state index contributed by atoms with van der Waals surface area (Å²) in [5.41, 5.74) is 2.91. The van der Waals surface area contributed by atoms with Gasteiger partial charge >= 0.3 is 0 Å². The van der Waals surface area contributed by atoms with Gasteiger partial charge < -0.3 is 10.6 Å². The lowest BCUT2D eigenvalue weighted by Crippen LogP contribution is -2.13. The van der Waals surface area contributed by atoms with Crippen molar-refractivity contribution >= 4 is 28.3 Å². The van der Waals surface area contributed by atoms with Crippen LogP contribution in [-0.4, -0.2) is 22.4 Å². The molecule has 0 aliphatic heterocycles. The Hall–Kier alpha value is -3.80. The molecule has 0 bridgehead atoms. The highest BCUT2D eigenvalue weighted by Gasteiger charge is 2.09. The summed E-state index contributed by atoms with van der Waals surface area (Å²) in [4.78, 5) is 21.2. The van der Waals surface area contributed by atoms with E-state index in [0.717, 1.165) is 22.9 Å². The third kappa shape index (κ3) is 4.55. The largest absolute Gasteiger partial charge is 0.370 e. The van der Waals surface area contributed by atoms with Crippen LogP contribution >= 0.6 is 0 Å². The van der Waals surface area contributed by atoms with Crippen LogP contribution in [0.1, 0.15) is 15.9 Å². The molecule has 5 nitrogen and oxygen atoms in total. The number of hydrogen-bond donors (Lipinski definition) is 2. The number of pyridine rings is 2. The molecule has 2 N–H and O–H groups in total. The van der Waals surface area contributed by atoms with Gasteiger partial charge in [-0.3, -0.25) is 9.78 Å². The minimum absolute atomic E-state index is 0.239. The lowest BCUT2D eigenvalue weighted by Gasteiger charge is -2.09. The van der Waals surface area contributed by atoms with Crippen molar-refractivity contribution in [1.82, 2.24) is 9.97 Å². The maximum Gasteiger partial charge on any atom is 0.257 e. The van der Waals surface area contributed by atoms with E-state index < -0.39 is 0 Å². The SMILES string of the molecule is O=C(Nc1cccc2cccnc12)c1ccc(NCCc2ccc(F)cc2)nc1. The second kappa shape index (κ2) is 8.48. The van der Waals surface area contributed by atoms with Crippen LogP contribution in [0, 0.1) is 5.82 Å². The van der Waals surface area contributed by atoms with Crippen molar-refractivity contribution < 1.29 is 9.18 Å². The second-order valence-corrected chi connectivity index (χ2v) is 6.57. The molecule has 2 aromatic heterocycles. The monoisotopic (exact) mass is 386 g/mol. The smallest absolute Gasteiger partial charge is 0.257 e. The average Bonchev–Trinajstić information content (AvgIpc) is 2.76. The van der Waals surface area contributed by atoms with Gasteiger partial charge in [-0.1, -0.05) is 30.3 Å². The molecule has 6 heteroatoms. The van der Waals surface area contributed by atoms with E-state index in [0.29, 0.717) is 23.6 Å². The summed E-state index contributed by atoms with van der Waals surface area (Å²) >= 11 is 0. The Labute approximate surface area is 167 Å². The summed E-state index contributed by atoms with van der Waals surface area (Å²) in [6, 6.07) is 19.4. The van der Waals surface area contributed by atoms with E-state index in [4.69, 9.17) is 0 Å². The van der Waals surface area contributed by atoms with E-state index in [1.807, 2.05) is 30.3 Å². The Morgan fingerprint density at radius 1 is 0.931 bits per heavy atom. The summed E-state index contributed by atoms with van der Waals surface area (Å²) < 4.78 is 12.9. The summed E-state index contributed by atoms with van der Waals surface area (Å²) in [5, 5.41) is 7.06. The van der Waals surface area contributed by atoms with Gasteiger partial charge in [-0.05, 0) is 48.4 Å². The Kier molecular flexibility index (Phi) is 5.42. The number of nitrogens with one attached hydrogen (secondary N) is 2. The zero-order chi connectivity index (χ0) is 20.1. The van der Waals surface area contributed by atoms with Gasteiger partial charge in [-0.2, -0.15) is 0 Å². The molecule has 0 fully saturated rings. The number of benzene rings is 2. The molecule has 2 aromatic carbocycles. The maximum atomic E-state index is 12.9. The molecule has 0 atom stereocenters. The second-order valence-electron chi connectivity index (χ2n) is 6.57. The molecule has 29 heavy (non-hydrogen) atoms. The first-order valence-corrected chi connectivity index (χ1v) is 9.28. The number of halogens is 1. The number of para-hydroxylation sites is 1. The lowest BCUT2D eigenvalue weighted by atomic mass is 10.1. The highest BCUT2D eigenvalue weighted by Crippen LogP contribution is 2.21. The number of nitrogens with zero attached hydrogens (tertiary/aromatic N) is 2. The molecule has 0 unspecified atom stereocenters. The minimum atomic E-state index is -0.242. The molecule has 0 radical (unpaired) electrons. The summed E-state index contributed by atoms with van der Waals surface area (Å²) in [5.74, 6) is 0.195. The van der Waals surface area contributed by atoms with Gasteiger partial charge in [0.1, 0.15) is 11.6 Å². The van der Waals surface area contributed by atoms with Crippen LogP contribution in [0.3, 0.4) is 0 Å². The number of fused-ring (bicyclic) bond motifs is 1. The number of amides is 1. The normalized spacial score (nSPS) is 10.7. The standard InChI is InChI=1S/C23H19FN4O/c24-19-9-6-16(7-10-19)12-14-25-21-11-8-18(15-27-21)23(29)28-20-5-1-3-17-4-2-13-26-22(17)20/h1-11,13,15H,12,14H2,(H,25,27)(H,28,29). The molecule has 4 aromatic rings. The fourth-order valence-corrected chi connectivity index (χ4v) is 3.02. The molecule has 144 valence electrons. The van der Waals surface area contributed by atoms with Crippen molar-refractivity contribution in [3.05, 3.63) is 96.1 Å². The molecule has 0 saturated carbocycles. The lowest BCUT2D eigenvalue weighted by molar-refractivity contribution is 0.102. The molecule has 0 spiro atoms. The summed E-state index contributed by atoms with van der Waals surface area (Å²) in [6.07, 6.45) is 3.98. The third-order valence-electron chi connectivity index (χ3n) is 4.54. The third-order valence-corrected chi connectivity index (χ3v) is 4.54. The van der Waals surface area contributed by atoms with Crippen molar-refractivity contribution in [2.75, 3.05) is 17.2 Å². The number of hydrogen-bond acceptors (Lipinski definition) is 4. The van der Waals surface area contributed by atoms with Crippen LogP contribution < -0.4 is 10.6 Å². The maximum absolute atomic E-state index is 12.9. The van der Waals surface area contributed by atoms with Crippen molar-refractivity contribution in [1.29, 1.82) is 0 Å². The molecular weight excluding hydrogens is 367 g/mol. The first-order valence-electron chi connectivity index (χ1n) is 9.28. The predicted octanol–water partition coefficient (Wildman–Crippen LogP) is 4.68. The van der Waals surface area contributed by atoms with Crippen molar-refractivity contribution in [2.45, 2.75) is 6.42 Å².